The lowest BCUT2D eigenvalue weighted by molar-refractivity contribution is -0.870. The highest BCUT2D eigenvalue weighted by Gasteiger charge is 2.21. The lowest BCUT2D eigenvalue weighted by Gasteiger charge is -2.26. The molecular weight excluding hydrogens is 791 g/mol. The number of likely N-dealkylation sites (N-methyl/N-ethyl adjacent to an activating group) is 1. The molecule has 0 N–H and O–H groups in total. The number of rotatable bonds is 44. The number of hydrogen-bond donors (Lipinski definition) is 0. The smallest absolute Gasteiger partial charge is 0.306 e. The van der Waals surface area contributed by atoms with Crippen LogP contribution < -0.4 is 5.11 Å². The molecule has 0 fully saturated rings. The van der Waals surface area contributed by atoms with E-state index in [0.29, 0.717) is 17.4 Å². The molecule has 0 saturated carbocycles. The van der Waals surface area contributed by atoms with Crippen molar-refractivity contribution in [3.8, 4) is 0 Å². The number of quaternary nitrogens is 1. The van der Waals surface area contributed by atoms with E-state index in [2.05, 4.69) is 98.9 Å². The van der Waals surface area contributed by atoms with Gasteiger partial charge in [0.05, 0.1) is 40.3 Å². The molecule has 0 amide bonds. The summed E-state index contributed by atoms with van der Waals surface area (Å²) in [6, 6.07) is 0. The van der Waals surface area contributed by atoms with Crippen molar-refractivity contribution >= 4 is 17.9 Å². The van der Waals surface area contributed by atoms with Crippen LogP contribution in [0, 0.1) is 0 Å². The van der Waals surface area contributed by atoms with Crippen LogP contribution in [0.5, 0.6) is 0 Å². The minimum atomic E-state index is -1.63. The van der Waals surface area contributed by atoms with Crippen molar-refractivity contribution in [1.82, 2.24) is 0 Å². The van der Waals surface area contributed by atoms with E-state index in [1.54, 1.807) is 0 Å². The van der Waals surface area contributed by atoms with Crippen molar-refractivity contribution in [2.45, 2.75) is 193 Å². The van der Waals surface area contributed by atoms with E-state index >= 15 is 0 Å². The topological polar surface area (TPSA) is 111 Å². The van der Waals surface area contributed by atoms with Gasteiger partial charge >= 0.3 is 11.9 Å². The number of carbonyl (C=O) groups is 3. The normalized spacial score (nSPS) is 13.6. The lowest BCUT2D eigenvalue weighted by atomic mass is 10.1. The number of carbonyl (C=O) groups excluding carboxylic acids is 3. The average molecular weight is 882 g/mol. The van der Waals surface area contributed by atoms with Crippen LogP contribution >= 0.6 is 0 Å². The molecule has 0 heterocycles. The first kappa shape index (κ1) is 59.5. The summed E-state index contributed by atoms with van der Waals surface area (Å²) in [5.41, 5.74) is 0. The summed E-state index contributed by atoms with van der Waals surface area (Å²) in [5, 5.41) is 11.7. The summed E-state index contributed by atoms with van der Waals surface area (Å²) in [6.07, 6.45) is 54.9. The number of hydrogen-bond acceptors (Lipinski definition) is 8. The molecule has 0 aromatic carbocycles. The predicted octanol–water partition coefficient (Wildman–Crippen LogP) is 12.3. The number of carboxylic acids is 1. The third kappa shape index (κ3) is 46.3. The minimum Gasteiger partial charge on any atom is -0.545 e. The van der Waals surface area contributed by atoms with Gasteiger partial charge in [-0.1, -0.05) is 182 Å². The Hall–Kier alpha value is -3.53. The second-order valence-electron chi connectivity index (χ2n) is 17.4. The van der Waals surface area contributed by atoms with Crippen molar-refractivity contribution in [1.29, 1.82) is 0 Å². The van der Waals surface area contributed by atoms with Crippen molar-refractivity contribution in [2.24, 2.45) is 0 Å². The Morgan fingerprint density at radius 1 is 0.492 bits per heavy atom. The molecule has 0 rings (SSSR count). The summed E-state index contributed by atoms with van der Waals surface area (Å²) in [5.74, 6) is -2.31. The quantitative estimate of drug-likeness (QED) is 0.0196. The number of aliphatic carboxylic acids is 1. The second-order valence-corrected chi connectivity index (χ2v) is 17.4. The zero-order chi connectivity index (χ0) is 46.3. The van der Waals surface area contributed by atoms with E-state index in [-0.39, 0.29) is 38.6 Å². The van der Waals surface area contributed by atoms with Gasteiger partial charge in [-0.2, -0.15) is 0 Å². The zero-order valence-electron chi connectivity index (χ0n) is 40.7. The largest absolute Gasteiger partial charge is 0.545 e. The van der Waals surface area contributed by atoms with Gasteiger partial charge in [0.25, 0.3) is 0 Å². The summed E-state index contributed by atoms with van der Waals surface area (Å²) < 4.78 is 22.5. The summed E-state index contributed by atoms with van der Waals surface area (Å²) in [6.45, 7) is 4.57. The number of ether oxygens (including phenoxy) is 4. The summed E-state index contributed by atoms with van der Waals surface area (Å²) in [4.78, 5) is 36.9. The predicted molar refractivity (Wildman–Crippen MR) is 260 cm³/mol. The Balaban J connectivity index is 4.27. The second kappa shape index (κ2) is 45.1. The highest BCUT2D eigenvalue weighted by Crippen LogP contribution is 2.13. The number of unbranched alkanes of at least 4 members (excludes halogenated alkanes) is 15. The number of carboxylic acid groups (broad SMARTS) is 1. The maximum Gasteiger partial charge on any atom is 0.306 e. The minimum absolute atomic E-state index is 0.142. The zero-order valence-corrected chi connectivity index (χ0v) is 40.7. The monoisotopic (exact) mass is 882 g/mol. The van der Waals surface area contributed by atoms with Crippen molar-refractivity contribution < 1.29 is 42.9 Å². The van der Waals surface area contributed by atoms with E-state index < -0.39 is 24.3 Å². The SMILES string of the molecule is CC/C=C\C/C=C\C/C=C\C/C=C\C/C=C\C/C=C\C/C=C\CCCCCCCCCC(=O)OC(COC(=O)CCCCCCCCCCC)COC(OCC[N+](C)(C)C)C(=O)[O-]. The fourth-order valence-corrected chi connectivity index (χ4v) is 6.34. The number of nitrogens with zero attached hydrogens (tertiary/aromatic N) is 1. The molecule has 63 heavy (non-hydrogen) atoms. The molecule has 0 bridgehead atoms. The van der Waals surface area contributed by atoms with Gasteiger partial charge in [0.2, 0.25) is 0 Å². The fraction of sp³-hybridized carbons (Fsp3) is 0.685. The molecular formula is C54H91NO8. The highest BCUT2D eigenvalue weighted by molar-refractivity contribution is 5.70. The van der Waals surface area contributed by atoms with Crippen LogP contribution in [0.1, 0.15) is 181 Å². The molecule has 9 heteroatoms. The molecule has 0 aliphatic heterocycles. The van der Waals surface area contributed by atoms with E-state index in [0.717, 1.165) is 89.9 Å². The third-order valence-corrected chi connectivity index (χ3v) is 10.2. The van der Waals surface area contributed by atoms with Crippen LogP contribution in [0.25, 0.3) is 0 Å². The molecule has 0 aromatic heterocycles. The maximum atomic E-state index is 12.8. The van der Waals surface area contributed by atoms with E-state index in [1.807, 2.05) is 21.1 Å². The average Bonchev–Trinajstić information content (AvgIpc) is 3.24. The molecule has 0 saturated heterocycles. The Bertz CT molecular complexity index is 1300. The third-order valence-electron chi connectivity index (χ3n) is 10.2. The van der Waals surface area contributed by atoms with Crippen LogP contribution in [0.2, 0.25) is 0 Å². The van der Waals surface area contributed by atoms with Crippen molar-refractivity contribution in [3.63, 3.8) is 0 Å². The Kier molecular flexibility index (Phi) is 42.5. The van der Waals surface area contributed by atoms with Crippen LogP contribution in [-0.2, 0) is 33.3 Å². The van der Waals surface area contributed by atoms with Crippen LogP contribution in [0.3, 0.4) is 0 Å². The Morgan fingerprint density at radius 2 is 0.905 bits per heavy atom. The van der Waals surface area contributed by atoms with Gasteiger partial charge in [-0.05, 0) is 70.6 Å². The molecule has 2 atom stereocenters. The molecule has 0 aliphatic carbocycles. The van der Waals surface area contributed by atoms with Crippen LogP contribution in [-0.4, -0.2) is 82.3 Å². The number of allylic oxidation sites excluding steroid dienone is 14. The standard InChI is InChI=1S/C54H91NO8/c1-6-8-10-12-14-16-17-18-19-20-21-22-23-24-25-26-27-28-29-30-31-32-33-34-35-37-39-41-43-45-52(57)63-50(49-62-54(53(58)59)60-47-46-55(3,4)5)48-61-51(56)44-42-40-38-36-15-13-11-9-7-2/h8,10,14,16,18-19,21-22,24-25,27-28,30-31,50,54H,6-7,9,11-13,15,17,20,23,26,29,32-49H2,1-5H3/b10-8-,16-14-,19-18-,22-21-,25-24-,28-27-,31-30-. The Labute approximate surface area is 385 Å². The van der Waals surface area contributed by atoms with Gasteiger partial charge < -0.3 is 33.3 Å². The molecule has 0 radical (unpaired) electrons. The van der Waals surface area contributed by atoms with Gasteiger partial charge in [0, 0.05) is 12.8 Å². The van der Waals surface area contributed by atoms with Crippen LogP contribution in [0.4, 0.5) is 0 Å². The molecule has 2 unspecified atom stereocenters. The molecule has 360 valence electrons. The fourth-order valence-electron chi connectivity index (χ4n) is 6.34. The molecule has 0 spiro atoms. The molecule has 0 aromatic rings. The summed E-state index contributed by atoms with van der Waals surface area (Å²) in [7, 11) is 5.90. The molecule has 0 aliphatic rings. The van der Waals surface area contributed by atoms with Crippen molar-refractivity contribution in [2.75, 3.05) is 47.5 Å². The highest BCUT2D eigenvalue weighted by atomic mass is 16.7. The Morgan fingerprint density at radius 3 is 1.35 bits per heavy atom. The van der Waals surface area contributed by atoms with E-state index in [1.165, 1.54) is 57.8 Å². The summed E-state index contributed by atoms with van der Waals surface area (Å²) >= 11 is 0. The van der Waals surface area contributed by atoms with E-state index in [9.17, 15) is 19.5 Å². The van der Waals surface area contributed by atoms with Gasteiger partial charge in [-0.3, -0.25) is 9.59 Å². The van der Waals surface area contributed by atoms with Crippen LogP contribution in [0.15, 0.2) is 85.1 Å². The maximum absolute atomic E-state index is 12.8. The van der Waals surface area contributed by atoms with Crippen molar-refractivity contribution in [3.05, 3.63) is 85.1 Å². The first-order chi connectivity index (χ1) is 30.6. The van der Waals surface area contributed by atoms with Gasteiger partial charge in [0.15, 0.2) is 12.4 Å². The van der Waals surface area contributed by atoms with Gasteiger partial charge in [-0.25, -0.2) is 0 Å². The van der Waals surface area contributed by atoms with Gasteiger partial charge in [-0.15, -0.1) is 0 Å². The molecule has 9 nitrogen and oxygen atoms in total. The first-order valence-electron chi connectivity index (χ1n) is 24.7. The number of esters is 2. The van der Waals surface area contributed by atoms with Gasteiger partial charge in [0.1, 0.15) is 13.2 Å². The first-order valence-corrected chi connectivity index (χ1v) is 24.7. The lowest BCUT2D eigenvalue weighted by Crippen LogP contribution is -2.44. The van der Waals surface area contributed by atoms with E-state index in [4.69, 9.17) is 18.9 Å².